The number of esters is 3. The van der Waals surface area contributed by atoms with Crippen LogP contribution in [0.5, 0.6) is 11.5 Å². The van der Waals surface area contributed by atoms with E-state index in [0.717, 1.165) is 23.3 Å². The van der Waals surface area contributed by atoms with Crippen LogP contribution in [0.2, 0.25) is 0 Å². The molecule has 4 aromatic rings. The summed E-state index contributed by atoms with van der Waals surface area (Å²) in [5.74, 6) is -2.58. The topological polar surface area (TPSA) is 274 Å². The Morgan fingerprint density at radius 2 is 0.881 bits per heavy atom. The Labute approximate surface area is 348 Å². The van der Waals surface area contributed by atoms with Gasteiger partial charge in [-0.2, -0.15) is 0 Å². The molecule has 0 radical (unpaired) electrons. The molecule has 0 heterocycles. The molecule has 0 saturated heterocycles. The minimum atomic E-state index is -1.16. The van der Waals surface area contributed by atoms with Gasteiger partial charge in [0.05, 0.1) is 35.5 Å². The van der Waals surface area contributed by atoms with E-state index < -0.39 is 52.8 Å². The number of nitro groups is 2. The summed E-state index contributed by atoms with van der Waals surface area (Å²) in [6.45, 7) is -0.407. The standard InChI is InChI=1S/C19H17NO9.C11H12O4.C8H6INO5/c21-17(26-12-14-4-2-1-3-5-14)10-11-18(22)27-13-28-19(23)29-16-8-6-15(7-9-16)20(24)25;12-10(13)6-7-11(14)15-8-9-4-2-1-3-5-9;9-5-14-8(11)15-7-3-1-6(2-4-7)10(12)13/h1-9H,10-13H2;1-5H,6-8H2,(H,12,13);1-4H,5H2. The van der Waals surface area contributed by atoms with Gasteiger partial charge in [-0.05, 0) is 58.0 Å². The Kier molecular flexibility index (Phi) is 22.3. The van der Waals surface area contributed by atoms with Gasteiger partial charge in [0.2, 0.25) is 6.79 Å². The van der Waals surface area contributed by atoms with Crippen LogP contribution in [0.4, 0.5) is 21.0 Å². The number of carboxylic acid groups (broad SMARTS) is 1. The first-order valence-electron chi connectivity index (χ1n) is 16.8. The largest absolute Gasteiger partial charge is 0.516 e. The third-order valence-corrected chi connectivity index (χ3v) is 6.94. The molecule has 0 aliphatic rings. The zero-order valence-corrected chi connectivity index (χ0v) is 32.9. The van der Waals surface area contributed by atoms with Crippen LogP contribution in [0.15, 0.2) is 109 Å². The second-order valence-corrected chi connectivity index (χ2v) is 11.5. The lowest BCUT2D eigenvalue weighted by molar-refractivity contribution is -0.385. The smallest absolute Gasteiger partial charge is 0.481 e. The molecule has 20 nitrogen and oxygen atoms in total. The van der Waals surface area contributed by atoms with Crippen molar-refractivity contribution >= 4 is 70.2 Å². The lowest BCUT2D eigenvalue weighted by Gasteiger charge is -2.07. The molecule has 0 atom stereocenters. The number of benzene rings is 4. The van der Waals surface area contributed by atoms with Crippen molar-refractivity contribution in [1.82, 2.24) is 0 Å². The number of non-ortho nitro benzene ring substituents is 2. The second kappa shape index (κ2) is 27.4. The van der Waals surface area contributed by atoms with Crippen LogP contribution in [0.3, 0.4) is 0 Å². The highest BCUT2D eigenvalue weighted by atomic mass is 127. The summed E-state index contributed by atoms with van der Waals surface area (Å²) in [4.78, 5) is 86.3. The van der Waals surface area contributed by atoms with Gasteiger partial charge in [-0.1, -0.05) is 60.7 Å². The summed E-state index contributed by atoms with van der Waals surface area (Å²) in [6.07, 6.45) is -2.68. The van der Waals surface area contributed by atoms with Gasteiger partial charge >= 0.3 is 36.2 Å². The van der Waals surface area contributed by atoms with E-state index in [1.54, 1.807) is 12.1 Å². The number of carboxylic acids is 1. The van der Waals surface area contributed by atoms with Crippen LogP contribution in [0.1, 0.15) is 36.8 Å². The van der Waals surface area contributed by atoms with Crippen molar-refractivity contribution < 1.29 is 76.9 Å². The summed E-state index contributed by atoms with van der Waals surface area (Å²) in [5.41, 5.74) is 1.48. The number of nitro benzene ring substituents is 2. The molecule has 1 N–H and O–H groups in total. The SMILES string of the molecule is O=C(CCC(=O)OCc1ccccc1)OCOC(=O)Oc1ccc([N+](=O)[O-])cc1.O=C(O)CCC(=O)OCc1ccccc1.O=C(OCI)Oc1ccc([N+](=O)[O-])cc1. The summed E-state index contributed by atoms with van der Waals surface area (Å²) in [6, 6.07) is 28.2. The van der Waals surface area contributed by atoms with Crippen LogP contribution < -0.4 is 9.47 Å². The number of halogens is 1. The number of hydrogen-bond acceptors (Lipinski definition) is 17. The average Bonchev–Trinajstić information content (AvgIpc) is 3.22. The fourth-order valence-corrected chi connectivity index (χ4v) is 4.07. The number of carbonyl (C=O) groups is 6. The maximum atomic E-state index is 11.6. The molecule has 4 rings (SSSR count). The third kappa shape index (κ3) is 22.2. The molecule has 0 fully saturated rings. The predicted octanol–water partition coefficient (Wildman–Crippen LogP) is 7.23. The first-order valence-corrected chi connectivity index (χ1v) is 18.3. The van der Waals surface area contributed by atoms with Crippen molar-refractivity contribution in [3.05, 3.63) is 141 Å². The van der Waals surface area contributed by atoms with E-state index in [9.17, 15) is 49.0 Å². The monoisotopic (exact) mass is 934 g/mol. The fraction of sp³-hybridized carbons (Fsp3) is 0.211. The van der Waals surface area contributed by atoms with Gasteiger partial charge < -0.3 is 38.3 Å². The molecule has 4 aromatic carbocycles. The zero-order chi connectivity index (χ0) is 43.4. The van der Waals surface area contributed by atoms with Gasteiger partial charge in [0.15, 0.2) is 0 Å². The highest BCUT2D eigenvalue weighted by molar-refractivity contribution is 14.1. The Morgan fingerprint density at radius 1 is 0.508 bits per heavy atom. The van der Waals surface area contributed by atoms with E-state index in [0.29, 0.717) is 0 Å². The van der Waals surface area contributed by atoms with Crippen LogP contribution in [-0.2, 0) is 56.1 Å². The van der Waals surface area contributed by atoms with E-state index in [4.69, 9.17) is 24.1 Å². The quantitative estimate of drug-likeness (QED) is 0.0160. The van der Waals surface area contributed by atoms with Gasteiger partial charge in [0, 0.05) is 24.3 Å². The van der Waals surface area contributed by atoms with E-state index in [-0.39, 0.29) is 66.4 Å². The first kappa shape index (κ1) is 48.0. The summed E-state index contributed by atoms with van der Waals surface area (Å²) in [5, 5.41) is 29.2. The molecular formula is C38H35IN2O18. The minimum absolute atomic E-state index is 0.0214. The molecule has 0 aliphatic heterocycles. The van der Waals surface area contributed by atoms with E-state index >= 15 is 0 Å². The van der Waals surface area contributed by atoms with E-state index in [1.807, 2.05) is 71.1 Å². The molecule has 59 heavy (non-hydrogen) atoms. The van der Waals surface area contributed by atoms with Crippen LogP contribution in [0.25, 0.3) is 0 Å². The Bertz CT molecular complexity index is 1980. The normalized spacial score (nSPS) is 9.71. The Morgan fingerprint density at radius 3 is 1.25 bits per heavy atom. The predicted molar refractivity (Wildman–Crippen MR) is 209 cm³/mol. The Balaban J connectivity index is 0.000000336. The van der Waals surface area contributed by atoms with Crippen molar-refractivity contribution in [3.63, 3.8) is 0 Å². The van der Waals surface area contributed by atoms with Crippen LogP contribution in [0, 0.1) is 20.2 Å². The minimum Gasteiger partial charge on any atom is -0.481 e. The summed E-state index contributed by atoms with van der Waals surface area (Å²) >= 11 is 1.85. The van der Waals surface area contributed by atoms with Crippen molar-refractivity contribution in [1.29, 1.82) is 0 Å². The Hall–Kier alpha value is -7.17. The number of carbonyl (C=O) groups excluding carboxylic acids is 5. The molecule has 0 bridgehead atoms. The van der Waals surface area contributed by atoms with Crippen LogP contribution >= 0.6 is 22.6 Å². The maximum Gasteiger partial charge on any atom is 0.516 e. The van der Waals surface area contributed by atoms with E-state index in [1.165, 1.54) is 36.4 Å². The molecule has 21 heteroatoms. The van der Waals surface area contributed by atoms with Gasteiger partial charge in [0.25, 0.3) is 11.4 Å². The number of hydrogen-bond donors (Lipinski definition) is 1. The van der Waals surface area contributed by atoms with Gasteiger partial charge in [-0.3, -0.25) is 39.4 Å². The molecule has 312 valence electrons. The fourth-order valence-electron chi connectivity index (χ4n) is 3.82. The molecule has 0 aromatic heterocycles. The van der Waals surface area contributed by atoms with E-state index in [2.05, 4.69) is 14.2 Å². The lowest BCUT2D eigenvalue weighted by Crippen LogP contribution is -2.16. The van der Waals surface area contributed by atoms with Gasteiger partial charge in [0.1, 0.15) is 29.3 Å². The van der Waals surface area contributed by atoms with Gasteiger partial charge in [-0.15, -0.1) is 0 Å². The van der Waals surface area contributed by atoms with Crippen molar-refractivity contribution in [2.24, 2.45) is 0 Å². The highest BCUT2D eigenvalue weighted by Gasteiger charge is 2.13. The number of aliphatic carboxylic acids is 1. The van der Waals surface area contributed by atoms with Crippen molar-refractivity contribution in [3.8, 4) is 11.5 Å². The summed E-state index contributed by atoms with van der Waals surface area (Å²) < 4.78 is 33.3. The molecule has 0 aliphatic carbocycles. The molecule has 0 spiro atoms. The molecule has 0 unspecified atom stereocenters. The molecule has 0 amide bonds. The number of ether oxygens (including phenoxy) is 7. The van der Waals surface area contributed by atoms with Crippen LogP contribution in [-0.4, -0.2) is 62.5 Å². The number of rotatable bonds is 17. The number of alkyl halides is 1. The van der Waals surface area contributed by atoms with Gasteiger partial charge in [-0.25, -0.2) is 9.59 Å². The zero-order valence-electron chi connectivity index (χ0n) is 30.7. The first-order chi connectivity index (χ1) is 28.2. The van der Waals surface area contributed by atoms with Crippen molar-refractivity contribution in [2.75, 3.05) is 11.4 Å². The molecule has 0 saturated carbocycles. The second-order valence-electron chi connectivity index (χ2n) is 10.9. The lowest BCUT2D eigenvalue weighted by atomic mass is 10.2. The van der Waals surface area contributed by atoms with Crippen molar-refractivity contribution in [2.45, 2.75) is 38.9 Å². The molecular weight excluding hydrogens is 899 g/mol. The third-order valence-electron chi connectivity index (χ3n) is 6.63. The maximum absolute atomic E-state index is 11.6. The highest BCUT2D eigenvalue weighted by Crippen LogP contribution is 2.19. The number of nitrogens with zero attached hydrogens (tertiary/aromatic N) is 2. The summed E-state index contributed by atoms with van der Waals surface area (Å²) in [7, 11) is 0. The average molecular weight is 935 g/mol.